The summed E-state index contributed by atoms with van der Waals surface area (Å²) in [4.78, 5) is 3.45. The van der Waals surface area contributed by atoms with Gasteiger partial charge in [0, 0.05) is 0 Å². The van der Waals surface area contributed by atoms with Crippen molar-refractivity contribution in [1.29, 1.82) is 0 Å². The van der Waals surface area contributed by atoms with Gasteiger partial charge in [-0.05, 0) is 0 Å². The average molecular weight is 390 g/mol. The first-order valence-electron chi connectivity index (χ1n) is 8.62. The summed E-state index contributed by atoms with van der Waals surface area (Å²) >= 11 is 0.454. The van der Waals surface area contributed by atoms with Gasteiger partial charge in [-0.3, -0.25) is 0 Å². The molecule has 0 amide bonds. The number of hydrogen-bond donors (Lipinski definition) is 1. The van der Waals surface area contributed by atoms with Crippen molar-refractivity contribution in [3.63, 3.8) is 0 Å². The second-order valence-electron chi connectivity index (χ2n) is 6.38. The zero-order valence-electron chi connectivity index (χ0n) is 14.3. The van der Waals surface area contributed by atoms with Gasteiger partial charge in [0.25, 0.3) is 0 Å². The van der Waals surface area contributed by atoms with Gasteiger partial charge in [-0.2, -0.15) is 0 Å². The van der Waals surface area contributed by atoms with Crippen LogP contribution in [0.4, 0.5) is 0 Å². The molecule has 0 aliphatic rings. The predicted molar refractivity (Wildman–Crippen MR) is 108 cm³/mol. The Morgan fingerprint density at radius 3 is 2.36 bits per heavy atom. The van der Waals surface area contributed by atoms with Crippen molar-refractivity contribution in [2.24, 2.45) is 0 Å². The first-order valence-corrected chi connectivity index (χ1v) is 10.7. The number of benzene rings is 3. The van der Waals surface area contributed by atoms with Crippen molar-refractivity contribution in [3.05, 3.63) is 102 Å². The summed E-state index contributed by atoms with van der Waals surface area (Å²) in [6.45, 7) is 2.15. The van der Waals surface area contributed by atoms with Crippen LogP contribution in [0.5, 0.6) is 0 Å². The van der Waals surface area contributed by atoms with E-state index in [0.717, 1.165) is 0 Å². The number of para-hydroxylation sites is 1. The molecule has 25 heavy (non-hydrogen) atoms. The van der Waals surface area contributed by atoms with Crippen LogP contribution >= 0.6 is 0 Å². The van der Waals surface area contributed by atoms with Gasteiger partial charge in [-0.1, -0.05) is 0 Å². The first kappa shape index (κ1) is 16.2. The van der Waals surface area contributed by atoms with Gasteiger partial charge in [0.15, 0.2) is 0 Å². The molecule has 0 saturated heterocycles. The molecule has 4 aromatic rings. The third kappa shape index (κ3) is 3.56. The second kappa shape index (κ2) is 7.31. The molecule has 4 rings (SSSR count). The number of aromatic nitrogens is 1. The fourth-order valence-electron chi connectivity index (χ4n) is 3.24. The van der Waals surface area contributed by atoms with E-state index in [4.69, 9.17) is 0 Å². The zero-order valence-corrected chi connectivity index (χ0v) is 16.0. The van der Waals surface area contributed by atoms with E-state index in [1.165, 1.54) is 37.4 Å². The molecule has 0 bridgehead atoms. The van der Waals surface area contributed by atoms with Gasteiger partial charge >= 0.3 is 155 Å². The average Bonchev–Trinajstić information content (AvgIpc) is 3.08. The van der Waals surface area contributed by atoms with Gasteiger partial charge in [0.1, 0.15) is 0 Å². The molecule has 0 fully saturated rings. The van der Waals surface area contributed by atoms with E-state index in [2.05, 4.69) is 97.0 Å². The third-order valence-electron chi connectivity index (χ3n) is 4.64. The minimum atomic E-state index is 0.428. The number of nitrogens with one attached hydrogen (secondary N) is 1. The Morgan fingerprint density at radius 1 is 0.840 bits per heavy atom. The Labute approximate surface area is 155 Å². The molecule has 1 N–H and O–H groups in total. The standard InChI is InChI=1S/C23H21NSe/c1-17-11-13-18(14-12-17)22(16-25-19-7-3-2-4-8-19)21-15-24-23-10-6-5-9-20(21)23/h2-15,22,24H,16H2,1H3. The number of fused-ring (bicyclic) bond motifs is 1. The van der Waals surface area contributed by atoms with Crippen LogP contribution in [0, 0.1) is 6.92 Å². The van der Waals surface area contributed by atoms with Gasteiger partial charge in [-0.25, -0.2) is 0 Å². The maximum absolute atomic E-state index is 3.45. The van der Waals surface area contributed by atoms with Crippen LogP contribution < -0.4 is 4.46 Å². The van der Waals surface area contributed by atoms with E-state index in [0.29, 0.717) is 20.9 Å². The summed E-state index contributed by atoms with van der Waals surface area (Å²) < 4.78 is 1.46. The van der Waals surface area contributed by atoms with Crippen LogP contribution in [0.2, 0.25) is 5.32 Å². The Bertz CT molecular complexity index is 954. The molecule has 0 radical (unpaired) electrons. The summed E-state index contributed by atoms with van der Waals surface area (Å²) in [5.74, 6) is 0.428. The molecule has 0 aliphatic heterocycles. The molecular weight excluding hydrogens is 369 g/mol. The van der Waals surface area contributed by atoms with Crippen molar-refractivity contribution in [3.8, 4) is 0 Å². The number of aromatic amines is 1. The van der Waals surface area contributed by atoms with Crippen molar-refractivity contribution in [2.45, 2.75) is 18.2 Å². The van der Waals surface area contributed by atoms with Crippen LogP contribution in [0.15, 0.2) is 85.1 Å². The van der Waals surface area contributed by atoms with Crippen LogP contribution in [0.1, 0.15) is 22.6 Å². The zero-order chi connectivity index (χ0) is 17.1. The molecule has 1 atom stereocenters. The second-order valence-corrected chi connectivity index (χ2v) is 8.67. The van der Waals surface area contributed by atoms with Crippen LogP contribution in [0.3, 0.4) is 0 Å². The summed E-state index contributed by atoms with van der Waals surface area (Å²) in [5, 5.41) is 2.51. The molecule has 0 spiro atoms. The molecule has 0 aliphatic carbocycles. The Kier molecular flexibility index (Phi) is 4.74. The molecule has 3 aromatic carbocycles. The van der Waals surface area contributed by atoms with E-state index < -0.39 is 0 Å². The van der Waals surface area contributed by atoms with Gasteiger partial charge < -0.3 is 0 Å². The van der Waals surface area contributed by atoms with E-state index in [9.17, 15) is 0 Å². The SMILES string of the molecule is Cc1ccc(C(C[Se]c2ccccc2)c2c[nH]c3ccccc23)cc1. The van der Waals surface area contributed by atoms with Gasteiger partial charge in [0.05, 0.1) is 0 Å². The van der Waals surface area contributed by atoms with Crippen molar-refractivity contribution in [1.82, 2.24) is 4.98 Å². The van der Waals surface area contributed by atoms with Gasteiger partial charge in [0.2, 0.25) is 0 Å². The molecule has 1 nitrogen and oxygen atoms in total. The molecule has 2 heteroatoms. The molecule has 1 heterocycles. The Hall–Kier alpha value is -2.28. The molecular formula is C23H21NSe. The van der Waals surface area contributed by atoms with Gasteiger partial charge in [-0.15, -0.1) is 0 Å². The third-order valence-corrected chi connectivity index (χ3v) is 6.96. The molecule has 124 valence electrons. The first-order chi connectivity index (χ1) is 12.3. The predicted octanol–water partition coefficient (Wildman–Crippen LogP) is 5.06. The van der Waals surface area contributed by atoms with Crippen LogP contribution in [-0.2, 0) is 0 Å². The molecule has 1 unspecified atom stereocenters. The summed E-state index contributed by atoms with van der Waals surface area (Å²) in [6.07, 6.45) is 2.20. The molecule has 1 aromatic heterocycles. The topological polar surface area (TPSA) is 15.8 Å². The molecule has 0 saturated carbocycles. The van der Waals surface area contributed by atoms with Crippen LogP contribution in [0.25, 0.3) is 10.9 Å². The summed E-state index contributed by atoms with van der Waals surface area (Å²) in [7, 11) is 0. The van der Waals surface area contributed by atoms with Crippen molar-refractivity contribution in [2.75, 3.05) is 0 Å². The monoisotopic (exact) mass is 391 g/mol. The summed E-state index contributed by atoms with van der Waals surface area (Å²) in [5.41, 5.74) is 5.36. The fraction of sp³-hybridized carbons (Fsp3) is 0.130. The normalized spacial score (nSPS) is 12.4. The Morgan fingerprint density at radius 2 is 1.56 bits per heavy atom. The fourth-order valence-corrected chi connectivity index (χ4v) is 5.51. The van der Waals surface area contributed by atoms with E-state index in [-0.39, 0.29) is 0 Å². The number of H-pyrrole nitrogens is 1. The Balaban J connectivity index is 1.71. The number of aryl methyl sites for hydroxylation is 1. The summed E-state index contributed by atoms with van der Waals surface area (Å²) in [6, 6.07) is 28.6. The minimum absolute atomic E-state index is 0.428. The van der Waals surface area contributed by atoms with E-state index >= 15 is 0 Å². The van der Waals surface area contributed by atoms with Crippen LogP contribution in [-0.4, -0.2) is 19.9 Å². The maximum atomic E-state index is 3.45. The van der Waals surface area contributed by atoms with E-state index in [1.54, 1.807) is 0 Å². The number of rotatable bonds is 5. The van der Waals surface area contributed by atoms with Crippen molar-refractivity contribution < 1.29 is 0 Å². The van der Waals surface area contributed by atoms with E-state index in [1.807, 2.05) is 0 Å². The van der Waals surface area contributed by atoms with Crippen molar-refractivity contribution >= 4 is 30.3 Å². The quantitative estimate of drug-likeness (QED) is 0.459. The number of hydrogen-bond acceptors (Lipinski definition) is 0.